The van der Waals surface area contributed by atoms with Crippen LogP contribution in [0.25, 0.3) is 0 Å². The van der Waals surface area contributed by atoms with Gasteiger partial charge in [-0.25, -0.2) is 4.98 Å². The predicted molar refractivity (Wildman–Crippen MR) is 100 cm³/mol. The molecule has 0 unspecified atom stereocenters. The highest BCUT2D eigenvalue weighted by Gasteiger charge is 2.17. The summed E-state index contributed by atoms with van der Waals surface area (Å²) in [5, 5.41) is 10.5. The van der Waals surface area contributed by atoms with Gasteiger partial charge in [0, 0.05) is 31.0 Å². The lowest BCUT2D eigenvalue weighted by Crippen LogP contribution is -2.36. The Bertz CT molecular complexity index is 746. The summed E-state index contributed by atoms with van der Waals surface area (Å²) in [5.74, 6) is 2.15. The number of hydrogen-bond donors (Lipinski definition) is 2. The molecule has 0 spiro atoms. The highest BCUT2D eigenvalue weighted by molar-refractivity contribution is 7.99. The van der Waals surface area contributed by atoms with E-state index in [2.05, 4.69) is 25.4 Å². The fraction of sp³-hybridized carbons (Fsp3) is 0.471. The standard InChI is InChI=1S/C17H23N5O3S/c1-12-19-17(21-20-12)26-10-5-18-16(23)13-3-4-15(24-2)14(11-13)22-6-8-25-9-7-22/h3-4,11H,5-10H2,1-2H3,(H,18,23)(H,19,20,21). The number of carbonyl (C=O) groups excluding carboxylic acids is 1. The Hall–Kier alpha value is -2.26. The smallest absolute Gasteiger partial charge is 0.251 e. The molecule has 140 valence electrons. The van der Waals surface area contributed by atoms with Crippen LogP contribution in [0.3, 0.4) is 0 Å². The summed E-state index contributed by atoms with van der Waals surface area (Å²) < 4.78 is 10.8. The maximum atomic E-state index is 12.5. The van der Waals surface area contributed by atoms with E-state index >= 15 is 0 Å². The number of rotatable bonds is 7. The van der Waals surface area contributed by atoms with Crippen LogP contribution in [0.2, 0.25) is 0 Å². The van der Waals surface area contributed by atoms with Crippen molar-refractivity contribution < 1.29 is 14.3 Å². The minimum Gasteiger partial charge on any atom is -0.495 e. The summed E-state index contributed by atoms with van der Waals surface area (Å²) in [7, 11) is 1.64. The van der Waals surface area contributed by atoms with Gasteiger partial charge in [-0.05, 0) is 25.1 Å². The van der Waals surface area contributed by atoms with Crippen LogP contribution in [-0.4, -0.2) is 66.8 Å². The van der Waals surface area contributed by atoms with Gasteiger partial charge in [0.05, 0.1) is 26.0 Å². The third-order valence-electron chi connectivity index (χ3n) is 3.99. The molecule has 2 aromatic rings. The summed E-state index contributed by atoms with van der Waals surface area (Å²) in [4.78, 5) is 18.9. The molecule has 0 aliphatic carbocycles. The summed E-state index contributed by atoms with van der Waals surface area (Å²) in [6.45, 7) is 5.32. The van der Waals surface area contributed by atoms with Gasteiger partial charge in [-0.3, -0.25) is 9.89 Å². The lowest BCUT2D eigenvalue weighted by molar-refractivity contribution is 0.0956. The van der Waals surface area contributed by atoms with Gasteiger partial charge in [-0.2, -0.15) is 0 Å². The number of hydrogen-bond acceptors (Lipinski definition) is 7. The monoisotopic (exact) mass is 377 g/mol. The van der Waals surface area contributed by atoms with E-state index in [4.69, 9.17) is 9.47 Å². The fourth-order valence-corrected chi connectivity index (χ4v) is 3.38. The zero-order chi connectivity index (χ0) is 18.4. The Kier molecular flexibility index (Phi) is 6.35. The molecule has 1 aromatic heterocycles. The molecule has 0 radical (unpaired) electrons. The number of carbonyl (C=O) groups is 1. The molecule has 2 N–H and O–H groups in total. The SMILES string of the molecule is COc1ccc(C(=O)NCCSc2n[nH]c(C)n2)cc1N1CCOCC1. The molecule has 8 nitrogen and oxygen atoms in total. The minimum atomic E-state index is -0.103. The molecule has 1 aromatic carbocycles. The van der Waals surface area contributed by atoms with Crippen LogP contribution in [0.4, 0.5) is 5.69 Å². The number of benzene rings is 1. The normalized spacial score (nSPS) is 14.3. The Labute approximate surface area is 156 Å². The predicted octanol–water partition coefficient (Wildman–Crippen LogP) is 1.48. The minimum absolute atomic E-state index is 0.103. The van der Waals surface area contributed by atoms with Crippen molar-refractivity contribution in [2.75, 3.05) is 50.6 Å². The van der Waals surface area contributed by atoms with Gasteiger partial charge in [0.2, 0.25) is 5.16 Å². The van der Waals surface area contributed by atoms with Gasteiger partial charge in [-0.1, -0.05) is 11.8 Å². The number of nitrogens with one attached hydrogen (secondary N) is 2. The number of nitrogens with zero attached hydrogens (tertiary/aromatic N) is 3. The number of aromatic amines is 1. The van der Waals surface area contributed by atoms with Gasteiger partial charge in [0.15, 0.2) is 0 Å². The van der Waals surface area contributed by atoms with E-state index in [0.717, 1.165) is 30.4 Å². The van der Waals surface area contributed by atoms with Crippen molar-refractivity contribution in [1.29, 1.82) is 0 Å². The lowest BCUT2D eigenvalue weighted by atomic mass is 10.1. The number of morpholine rings is 1. The zero-order valence-corrected chi connectivity index (χ0v) is 15.8. The molecule has 26 heavy (non-hydrogen) atoms. The summed E-state index contributed by atoms with van der Waals surface area (Å²) in [6.07, 6.45) is 0. The van der Waals surface area contributed by atoms with Gasteiger partial charge >= 0.3 is 0 Å². The average molecular weight is 377 g/mol. The van der Waals surface area contributed by atoms with Crippen LogP contribution in [0.15, 0.2) is 23.4 Å². The Morgan fingerprint density at radius 3 is 2.92 bits per heavy atom. The molecule has 0 bridgehead atoms. The average Bonchev–Trinajstić information content (AvgIpc) is 3.10. The Morgan fingerprint density at radius 2 is 2.23 bits per heavy atom. The number of anilines is 1. The molecule has 1 fully saturated rings. The van der Waals surface area contributed by atoms with E-state index in [9.17, 15) is 4.79 Å². The van der Waals surface area contributed by atoms with Crippen molar-refractivity contribution in [3.63, 3.8) is 0 Å². The van der Waals surface area contributed by atoms with Crippen LogP contribution in [0.1, 0.15) is 16.2 Å². The van der Waals surface area contributed by atoms with Crippen LogP contribution in [-0.2, 0) is 4.74 Å². The summed E-state index contributed by atoms with van der Waals surface area (Å²) >= 11 is 1.50. The molecule has 2 heterocycles. The first-order chi connectivity index (χ1) is 12.7. The van der Waals surface area contributed by atoms with Crippen LogP contribution < -0.4 is 15.0 Å². The maximum Gasteiger partial charge on any atom is 0.251 e. The molecule has 1 amide bonds. The quantitative estimate of drug-likeness (QED) is 0.558. The molecule has 1 aliphatic rings. The summed E-state index contributed by atoms with van der Waals surface area (Å²) in [6, 6.07) is 5.50. The van der Waals surface area contributed by atoms with E-state index in [1.165, 1.54) is 11.8 Å². The molecule has 1 saturated heterocycles. The number of amides is 1. The molecular weight excluding hydrogens is 354 g/mol. The summed E-state index contributed by atoms with van der Waals surface area (Å²) in [5.41, 5.74) is 1.54. The molecule has 3 rings (SSSR count). The second-order valence-corrected chi connectivity index (χ2v) is 6.86. The molecular formula is C17H23N5O3S. The molecule has 9 heteroatoms. The van der Waals surface area contributed by atoms with Crippen molar-refractivity contribution in [3.05, 3.63) is 29.6 Å². The maximum absolute atomic E-state index is 12.5. The van der Waals surface area contributed by atoms with E-state index in [-0.39, 0.29) is 5.91 Å². The van der Waals surface area contributed by atoms with E-state index < -0.39 is 0 Å². The molecule has 1 aliphatic heterocycles. The molecule has 0 saturated carbocycles. The highest BCUT2D eigenvalue weighted by atomic mass is 32.2. The number of aryl methyl sites for hydroxylation is 1. The van der Waals surface area contributed by atoms with Crippen molar-refractivity contribution in [3.8, 4) is 5.75 Å². The molecule has 0 atom stereocenters. The van der Waals surface area contributed by atoms with Gasteiger partial charge in [-0.15, -0.1) is 5.10 Å². The van der Waals surface area contributed by atoms with Crippen molar-refractivity contribution in [2.24, 2.45) is 0 Å². The van der Waals surface area contributed by atoms with E-state index in [1.807, 2.05) is 19.1 Å². The number of thioether (sulfide) groups is 1. The van der Waals surface area contributed by atoms with Crippen LogP contribution in [0.5, 0.6) is 5.75 Å². The third kappa shape index (κ3) is 4.67. The van der Waals surface area contributed by atoms with Crippen molar-refractivity contribution in [2.45, 2.75) is 12.1 Å². The van der Waals surface area contributed by atoms with E-state index in [0.29, 0.717) is 36.2 Å². The van der Waals surface area contributed by atoms with Gasteiger partial charge in [0.1, 0.15) is 11.6 Å². The zero-order valence-electron chi connectivity index (χ0n) is 14.9. The number of ether oxygens (including phenoxy) is 2. The number of H-pyrrole nitrogens is 1. The van der Waals surface area contributed by atoms with E-state index in [1.54, 1.807) is 13.2 Å². The van der Waals surface area contributed by atoms with Crippen molar-refractivity contribution >= 4 is 23.4 Å². The van der Waals surface area contributed by atoms with Gasteiger partial charge < -0.3 is 19.7 Å². The number of methoxy groups -OCH3 is 1. The fourth-order valence-electron chi connectivity index (χ4n) is 2.68. The van der Waals surface area contributed by atoms with Gasteiger partial charge in [0.25, 0.3) is 5.91 Å². The first kappa shape index (κ1) is 18.5. The first-order valence-corrected chi connectivity index (χ1v) is 9.46. The third-order valence-corrected chi connectivity index (χ3v) is 4.84. The van der Waals surface area contributed by atoms with Crippen LogP contribution in [0, 0.1) is 6.92 Å². The highest BCUT2D eigenvalue weighted by Crippen LogP contribution is 2.30. The Balaban J connectivity index is 1.57. The topological polar surface area (TPSA) is 92.4 Å². The second-order valence-electron chi connectivity index (χ2n) is 5.79. The second kappa shape index (κ2) is 8.91. The first-order valence-electron chi connectivity index (χ1n) is 8.48. The van der Waals surface area contributed by atoms with Crippen molar-refractivity contribution in [1.82, 2.24) is 20.5 Å². The Morgan fingerprint density at radius 1 is 1.42 bits per heavy atom. The lowest BCUT2D eigenvalue weighted by Gasteiger charge is -2.30. The largest absolute Gasteiger partial charge is 0.495 e. The number of aromatic nitrogens is 3. The van der Waals surface area contributed by atoms with Crippen LogP contribution >= 0.6 is 11.8 Å².